The third kappa shape index (κ3) is 3.37. The van der Waals surface area contributed by atoms with Crippen LogP contribution in [0.4, 0.5) is 4.39 Å². The van der Waals surface area contributed by atoms with Crippen LogP contribution < -0.4 is 5.32 Å². The number of likely N-dealkylation sites (tertiary alicyclic amines) is 1. The molecule has 0 spiro atoms. The molecule has 1 N–H and O–H groups in total. The first kappa shape index (κ1) is 15.0. The smallest absolute Gasteiger partial charge is 0.224 e. The number of nitrogens with one attached hydrogen (secondary N) is 1. The molecule has 0 aromatic heterocycles. The van der Waals surface area contributed by atoms with Crippen molar-refractivity contribution in [1.82, 2.24) is 10.2 Å². The Kier molecular flexibility index (Phi) is 4.43. The number of rotatable bonds is 4. The van der Waals surface area contributed by atoms with Crippen molar-refractivity contribution in [3.63, 3.8) is 0 Å². The van der Waals surface area contributed by atoms with Gasteiger partial charge in [0.15, 0.2) is 0 Å². The van der Waals surface area contributed by atoms with E-state index in [0.717, 1.165) is 19.5 Å². The average Bonchev–Trinajstić information content (AvgIpc) is 2.83. The van der Waals surface area contributed by atoms with Gasteiger partial charge in [0.05, 0.1) is 5.92 Å². The van der Waals surface area contributed by atoms with Crippen molar-refractivity contribution in [2.24, 2.45) is 5.92 Å². The van der Waals surface area contributed by atoms with Gasteiger partial charge < -0.3 is 10.2 Å². The van der Waals surface area contributed by atoms with Crippen molar-refractivity contribution < 1.29 is 9.18 Å². The Morgan fingerprint density at radius 2 is 2.15 bits per heavy atom. The summed E-state index contributed by atoms with van der Waals surface area (Å²) in [6.45, 7) is 6.13. The predicted molar refractivity (Wildman–Crippen MR) is 78.0 cm³/mol. The van der Waals surface area contributed by atoms with Gasteiger partial charge in [-0.3, -0.25) is 4.79 Å². The molecule has 1 fully saturated rings. The number of nitrogens with zero attached hydrogens (tertiary/aromatic N) is 1. The fraction of sp³-hybridized carbons (Fsp3) is 0.562. The molecule has 1 aliphatic rings. The van der Waals surface area contributed by atoms with E-state index in [1.807, 2.05) is 27.0 Å². The lowest BCUT2D eigenvalue weighted by atomic mass is 9.84. The minimum atomic E-state index is -0.411. The lowest BCUT2D eigenvalue weighted by Crippen LogP contribution is -2.40. The molecule has 3 nitrogen and oxygen atoms in total. The molecule has 1 amide bonds. The van der Waals surface area contributed by atoms with Gasteiger partial charge in [-0.2, -0.15) is 0 Å². The van der Waals surface area contributed by atoms with E-state index in [9.17, 15) is 9.18 Å². The maximum atomic E-state index is 13.8. The number of amides is 1. The van der Waals surface area contributed by atoms with Crippen molar-refractivity contribution in [3.05, 3.63) is 35.6 Å². The Morgan fingerprint density at radius 1 is 1.45 bits per heavy atom. The fourth-order valence-electron chi connectivity index (χ4n) is 2.71. The van der Waals surface area contributed by atoms with E-state index in [4.69, 9.17) is 0 Å². The molecule has 1 unspecified atom stereocenters. The molecule has 0 aliphatic carbocycles. The van der Waals surface area contributed by atoms with Gasteiger partial charge in [0.2, 0.25) is 5.91 Å². The summed E-state index contributed by atoms with van der Waals surface area (Å²) in [5.41, 5.74) is 0.231. The highest BCUT2D eigenvalue weighted by Gasteiger charge is 2.29. The predicted octanol–water partition coefficient (Wildman–Crippen LogP) is 2.17. The van der Waals surface area contributed by atoms with Crippen LogP contribution in [0.3, 0.4) is 0 Å². The van der Waals surface area contributed by atoms with E-state index in [-0.39, 0.29) is 17.6 Å². The van der Waals surface area contributed by atoms with Crippen molar-refractivity contribution in [2.45, 2.75) is 25.7 Å². The van der Waals surface area contributed by atoms with Gasteiger partial charge in [0.25, 0.3) is 0 Å². The molecular formula is C16H23FN2O. The molecule has 0 radical (unpaired) electrons. The minimum Gasteiger partial charge on any atom is -0.355 e. The van der Waals surface area contributed by atoms with Crippen LogP contribution in [0.25, 0.3) is 0 Å². The van der Waals surface area contributed by atoms with Crippen LogP contribution >= 0.6 is 0 Å². The molecule has 2 rings (SSSR count). The Balaban J connectivity index is 1.96. The van der Waals surface area contributed by atoms with Crippen LogP contribution in [0.1, 0.15) is 25.8 Å². The summed E-state index contributed by atoms with van der Waals surface area (Å²) in [6, 6.07) is 6.76. The van der Waals surface area contributed by atoms with E-state index < -0.39 is 5.41 Å². The lowest BCUT2D eigenvalue weighted by molar-refractivity contribution is -0.124. The number of hydrogen-bond acceptors (Lipinski definition) is 2. The van der Waals surface area contributed by atoms with Crippen LogP contribution in [-0.4, -0.2) is 37.5 Å². The zero-order chi connectivity index (χ0) is 14.8. The first-order valence-corrected chi connectivity index (χ1v) is 7.11. The summed E-state index contributed by atoms with van der Waals surface area (Å²) in [5, 5.41) is 2.98. The maximum absolute atomic E-state index is 13.8. The molecule has 1 aromatic rings. The first-order valence-electron chi connectivity index (χ1n) is 7.11. The standard InChI is InChI=1S/C16H23FN2O/c1-16(2,13-6-4-5-7-14(13)17)11-18-15(20)12-8-9-19(3)10-12/h4-7,12H,8-11H2,1-3H3,(H,18,20). The molecule has 110 valence electrons. The second-order valence-electron chi connectivity index (χ2n) is 6.33. The molecule has 1 aromatic carbocycles. The van der Waals surface area contributed by atoms with Crippen molar-refractivity contribution in [3.8, 4) is 0 Å². The van der Waals surface area contributed by atoms with E-state index in [0.29, 0.717) is 12.1 Å². The number of benzene rings is 1. The highest BCUT2D eigenvalue weighted by atomic mass is 19.1. The van der Waals surface area contributed by atoms with E-state index in [2.05, 4.69) is 10.2 Å². The number of halogens is 1. The third-order valence-electron chi connectivity index (χ3n) is 4.07. The lowest BCUT2D eigenvalue weighted by Gasteiger charge is -2.26. The Morgan fingerprint density at radius 3 is 2.75 bits per heavy atom. The van der Waals surface area contributed by atoms with Crippen LogP contribution in [0.5, 0.6) is 0 Å². The molecule has 1 atom stereocenters. The van der Waals surface area contributed by atoms with E-state index in [1.54, 1.807) is 12.1 Å². The summed E-state index contributed by atoms with van der Waals surface area (Å²) in [7, 11) is 2.02. The van der Waals surface area contributed by atoms with E-state index >= 15 is 0 Å². The van der Waals surface area contributed by atoms with Crippen molar-refractivity contribution in [1.29, 1.82) is 0 Å². The van der Waals surface area contributed by atoms with Crippen LogP contribution in [0.2, 0.25) is 0 Å². The zero-order valence-electron chi connectivity index (χ0n) is 12.4. The van der Waals surface area contributed by atoms with Gasteiger partial charge in [0.1, 0.15) is 5.82 Å². The Hall–Kier alpha value is -1.42. The summed E-state index contributed by atoms with van der Waals surface area (Å²) < 4.78 is 13.8. The fourth-order valence-corrected chi connectivity index (χ4v) is 2.71. The first-order chi connectivity index (χ1) is 9.40. The van der Waals surface area contributed by atoms with Gasteiger partial charge in [-0.05, 0) is 31.6 Å². The molecule has 1 heterocycles. The average molecular weight is 278 g/mol. The van der Waals surface area contributed by atoms with Gasteiger partial charge in [-0.15, -0.1) is 0 Å². The molecular weight excluding hydrogens is 255 g/mol. The van der Waals surface area contributed by atoms with Crippen LogP contribution in [0, 0.1) is 11.7 Å². The van der Waals surface area contributed by atoms with Crippen LogP contribution in [0.15, 0.2) is 24.3 Å². The summed E-state index contributed by atoms with van der Waals surface area (Å²) in [5.74, 6) is -0.0671. The van der Waals surface area contributed by atoms with Gasteiger partial charge in [-0.1, -0.05) is 32.0 Å². The zero-order valence-corrected chi connectivity index (χ0v) is 12.4. The number of carbonyl (C=O) groups excluding carboxylic acids is 1. The van der Waals surface area contributed by atoms with Crippen LogP contribution in [-0.2, 0) is 10.2 Å². The van der Waals surface area contributed by atoms with Crippen molar-refractivity contribution >= 4 is 5.91 Å². The second kappa shape index (κ2) is 5.92. The topological polar surface area (TPSA) is 32.3 Å². The normalized spacial score (nSPS) is 20.1. The number of carbonyl (C=O) groups is 1. The number of hydrogen-bond donors (Lipinski definition) is 1. The highest BCUT2D eigenvalue weighted by Crippen LogP contribution is 2.25. The van der Waals surface area contributed by atoms with E-state index in [1.165, 1.54) is 6.07 Å². The maximum Gasteiger partial charge on any atom is 0.224 e. The van der Waals surface area contributed by atoms with Gasteiger partial charge in [-0.25, -0.2) is 4.39 Å². The third-order valence-corrected chi connectivity index (χ3v) is 4.07. The van der Waals surface area contributed by atoms with Crippen molar-refractivity contribution in [2.75, 3.05) is 26.7 Å². The Bertz CT molecular complexity index is 487. The largest absolute Gasteiger partial charge is 0.355 e. The molecule has 4 heteroatoms. The molecule has 0 bridgehead atoms. The second-order valence-corrected chi connectivity index (χ2v) is 6.33. The molecule has 1 saturated heterocycles. The minimum absolute atomic E-state index is 0.0661. The monoisotopic (exact) mass is 278 g/mol. The molecule has 20 heavy (non-hydrogen) atoms. The summed E-state index contributed by atoms with van der Waals surface area (Å²) in [6.07, 6.45) is 0.905. The summed E-state index contributed by atoms with van der Waals surface area (Å²) in [4.78, 5) is 14.3. The Labute approximate surface area is 120 Å². The summed E-state index contributed by atoms with van der Waals surface area (Å²) >= 11 is 0. The van der Waals surface area contributed by atoms with Gasteiger partial charge >= 0.3 is 0 Å². The highest BCUT2D eigenvalue weighted by molar-refractivity contribution is 5.79. The molecule has 1 aliphatic heterocycles. The molecule has 0 saturated carbocycles. The quantitative estimate of drug-likeness (QED) is 0.915. The van der Waals surface area contributed by atoms with Gasteiger partial charge in [0, 0.05) is 18.5 Å². The SMILES string of the molecule is CN1CCC(C(=O)NCC(C)(C)c2ccccc2F)C1.